The third-order valence-electron chi connectivity index (χ3n) is 13.5. The van der Waals surface area contributed by atoms with Crippen LogP contribution in [0.5, 0.6) is 11.5 Å². The van der Waals surface area contributed by atoms with Crippen LogP contribution in [0.3, 0.4) is 0 Å². The summed E-state index contributed by atoms with van der Waals surface area (Å²) in [7, 11) is 0. The van der Waals surface area contributed by atoms with Gasteiger partial charge in [0, 0.05) is 16.5 Å². The third-order valence-corrected chi connectivity index (χ3v) is 13.5. The molecule has 282 valence electrons. The van der Waals surface area contributed by atoms with Crippen molar-refractivity contribution in [2.24, 2.45) is 0 Å². The van der Waals surface area contributed by atoms with Crippen molar-refractivity contribution in [2.45, 2.75) is 24.7 Å². The van der Waals surface area contributed by atoms with Gasteiger partial charge in [-0.25, -0.2) is 9.97 Å². The first-order chi connectivity index (χ1) is 29.5. The Morgan fingerprint density at radius 2 is 0.950 bits per heavy atom. The lowest BCUT2D eigenvalue weighted by Crippen LogP contribution is -2.25. The topological polar surface area (TPSA) is 38.2 Å². The van der Waals surface area contributed by atoms with E-state index in [1.807, 2.05) is 12.1 Å². The summed E-state index contributed by atoms with van der Waals surface area (Å²) in [5.41, 5.74) is 20.3. The van der Waals surface area contributed by atoms with Crippen molar-refractivity contribution >= 4 is 17.3 Å². The predicted molar refractivity (Wildman–Crippen MR) is 242 cm³/mol. The van der Waals surface area contributed by atoms with Crippen molar-refractivity contribution in [3.05, 3.63) is 221 Å². The number of ether oxygens (including phenoxy) is 1. The van der Waals surface area contributed by atoms with Crippen LogP contribution in [0.1, 0.15) is 47.2 Å². The number of fused-ring (bicyclic) bond motifs is 15. The second-order valence-electron chi connectivity index (χ2n) is 16.9. The number of hydrogen-bond donors (Lipinski definition) is 0. The quantitative estimate of drug-likeness (QED) is 0.179. The molecule has 0 atom stereocenters. The number of para-hydroxylation sites is 2. The predicted octanol–water partition coefficient (Wildman–Crippen LogP) is 14.0. The van der Waals surface area contributed by atoms with E-state index >= 15 is 0 Å². The molecule has 0 saturated heterocycles. The van der Waals surface area contributed by atoms with Gasteiger partial charge in [-0.3, -0.25) is 4.90 Å². The Kier molecular flexibility index (Phi) is 6.68. The number of rotatable bonds is 3. The minimum atomic E-state index is -0.459. The second kappa shape index (κ2) is 12.0. The van der Waals surface area contributed by atoms with Crippen molar-refractivity contribution in [1.29, 1.82) is 0 Å². The maximum atomic E-state index is 6.79. The zero-order valence-electron chi connectivity index (χ0n) is 33.1. The summed E-state index contributed by atoms with van der Waals surface area (Å²) < 4.78 is 6.79. The molecule has 1 aromatic heterocycles. The van der Waals surface area contributed by atoms with E-state index < -0.39 is 5.41 Å². The molecule has 1 aliphatic heterocycles. The van der Waals surface area contributed by atoms with Crippen LogP contribution in [0.2, 0.25) is 0 Å². The fraction of sp³-hybridized carbons (Fsp3) is 0.0714. The molecule has 0 unspecified atom stereocenters. The lowest BCUT2D eigenvalue weighted by atomic mass is 9.70. The molecule has 0 N–H and O–H groups in total. The molecule has 60 heavy (non-hydrogen) atoms. The van der Waals surface area contributed by atoms with Gasteiger partial charge < -0.3 is 4.74 Å². The van der Waals surface area contributed by atoms with Crippen LogP contribution < -0.4 is 9.64 Å². The van der Waals surface area contributed by atoms with E-state index in [0.717, 1.165) is 45.4 Å². The molecular formula is C56H37N3O. The largest absolute Gasteiger partial charge is 0.453 e. The maximum Gasteiger partial charge on any atom is 0.236 e. The van der Waals surface area contributed by atoms with Gasteiger partial charge in [-0.2, -0.15) is 0 Å². The first-order valence-electron chi connectivity index (χ1n) is 20.7. The lowest BCUT2D eigenvalue weighted by molar-refractivity contribution is 0.474. The summed E-state index contributed by atoms with van der Waals surface area (Å²) in [6.45, 7) is 4.61. The first-order valence-corrected chi connectivity index (χ1v) is 20.7. The van der Waals surface area contributed by atoms with Gasteiger partial charge in [0.1, 0.15) is 0 Å². The van der Waals surface area contributed by atoms with Gasteiger partial charge in [0.25, 0.3) is 0 Å². The molecule has 0 amide bonds. The van der Waals surface area contributed by atoms with Gasteiger partial charge in [-0.05, 0) is 97.1 Å². The molecule has 4 heteroatoms. The highest BCUT2D eigenvalue weighted by molar-refractivity contribution is 6.00. The molecular weight excluding hydrogens is 731 g/mol. The zero-order chi connectivity index (χ0) is 39.7. The summed E-state index contributed by atoms with van der Waals surface area (Å²) in [6.07, 6.45) is 0. The first kappa shape index (κ1) is 33.4. The Morgan fingerprint density at radius 1 is 0.400 bits per heavy atom. The SMILES string of the molecule is CC1(C)c2ccccc2-c2cc3c(cc21)Oc1ccccc1N3c1nc(-c2ccccc2)cc(-c2cccc3c2-c2ccccc2C32c3ccccc3-c3ccccc32)n1. The summed E-state index contributed by atoms with van der Waals surface area (Å²) >= 11 is 0. The van der Waals surface area contributed by atoms with Crippen molar-refractivity contribution in [3.8, 4) is 67.4 Å². The molecule has 13 rings (SSSR count). The van der Waals surface area contributed by atoms with Crippen LogP contribution >= 0.6 is 0 Å². The highest BCUT2D eigenvalue weighted by Gasteiger charge is 2.52. The Hall–Kier alpha value is -7.56. The molecule has 9 aromatic rings. The number of benzene rings is 8. The molecule has 0 saturated carbocycles. The Labute approximate surface area is 349 Å². The van der Waals surface area contributed by atoms with Crippen molar-refractivity contribution in [3.63, 3.8) is 0 Å². The number of nitrogens with zero attached hydrogens (tertiary/aromatic N) is 3. The summed E-state index contributed by atoms with van der Waals surface area (Å²) in [4.78, 5) is 13.3. The van der Waals surface area contributed by atoms with Gasteiger partial charge in [-0.1, -0.05) is 172 Å². The number of anilines is 3. The van der Waals surface area contributed by atoms with Crippen molar-refractivity contribution < 1.29 is 4.74 Å². The smallest absolute Gasteiger partial charge is 0.236 e. The Bertz CT molecular complexity index is 3250. The van der Waals surface area contributed by atoms with Gasteiger partial charge >= 0.3 is 0 Å². The molecule has 0 bridgehead atoms. The van der Waals surface area contributed by atoms with E-state index in [2.05, 4.69) is 195 Å². The highest BCUT2D eigenvalue weighted by atomic mass is 16.5. The Morgan fingerprint density at radius 3 is 1.68 bits per heavy atom. The van der Waals surface area contributed by atoms with Crippen molar-refractivity contribution in [1.82, 2.24) is 9.97 Å². The van der Waals surface area contributed by atoms with Crippen LogP contribution in [0.4, 0.5) is 17.3 Å². The molecule has 2 heterocycles. The Balaban J connectivity index is 1.08. The van der Waals surface area contributed by atoms with Crippen LogP contribution in [0, 0.1) is 0 Å². The monoisotopic (exact) mass is 767 g/mol. The van der Waals surface area contributed by atoms with E-state index in [1.54, 1.807) is 0 Å². The molecule has 4 aliphatic rings. The average molecular weight is 768 g/mol. The van der Waals surface area contributed by atoms with Gasteiger partial charge in [0.05, 0.1) is 28.2 Å². The zero-order valence-corrected chi connectivity index (χ0v) is 33.1. The van der Waals surface area contributed by atoms with Crippen LogP contribution in [0.25, 0.3) is 55.9 Å². The van der Waals surface area contributed by atoms with E-state index in [1.165, 1.54) is 66.8 Å². The summed E-state index contributed by atoms with van der Waals surface area (Å²) in [5, 5.41) is 0. The lowest BCUT2D eigenvalue weighted by Gasteiger charge is -2.33. The fourth-order valence-electron chi connectivity index (χ4n) is 11.0. The van der Waals surface area contributed by atoms with Gasteiger partial charge in [0.15, 0.2) is 11.5 Å². The fourth-order valence-corrected chi connectivity index (χ4v) is 11.0. The van der Waals surface area contributed by atoms with Gasteiger partial charge in [-0.15, -0.1) is 0 Å². The molecule has 0 fully saturated rings. The number of aromatic nitrogens is 2. The second-order valence-corrected chi connectivity index (χ2v) is 16.9. The van der Waals surface area contributed by atoms with Crippen LogP contribution in [-0.2, 0) is 10.8 Å². The highest BCUT2D eigenvalue weighted by Crippen LogP contribution is 2.64. The van der Waals surface area contributed by atoms with E-state index in [-0.39, 0.29) is 5.41 Å². The third kappa shape index (κ3) is 4.29. The van der Waals surface area contributed by atoms with Crippen LogP contribution in [0.15, 0.2) is 188 Å². The number of hydrogen-bond acceptors (Lipinski definition) is 4. The molecule has 4 nitrogen and oxygen atoms in total. The minimum absolute atomic E-state index is 0.176. The molecule has 8 aromatic carbocycles. The summed E-state index contributed by atoms with van der Waals surface area (Å²) in [6, 6.07) is 67.9. The van der Waals surface area contributed by atoms with Gasteiger partial charge in [0.2, 0.25) is 5.95 Å². The van der Waals surface area contributed by atoms with E-state index in [0.29, 0.717) is 5.95 Å². The summed E-state index contributed by atoms with van der Waals surface area (Å²) in [5.74, 6) is 2.14. The molecule has 1 spiro atoms. The average Bonchev–Trinajstić information content (AvgIpc) is 3.86. The minimum Gasteiger partial charge on any atom is -0.453 e. The van der Waals surface area contributed by atoms with Crippen LogP contribution in [-0.4, -0.2) is 9.97 Å². The van der Waals surface area contributed by atoms with Crippen molar-refractivity contribution in [2.75, 3.05) is 4.90 Å². The maximum absolute atomic E-state index is 6.79. The normalized spacial score (nSPS) is 14.9. The standard InChI is InChI=1S/C56H37N3O/c1-55(2)41-24-10-6-21-37(41)40-31-50-52(32-46(40)55)60-51-30-15-14-29-49(51)59(50)54-57-47(34-17-4-3-5-18-34)33-48(58-54)39-23-16-28-45-53(39)38-22-9-13-27-44(38)56(45)42-25-11-7-19-35(42)36-20-8-12-26-43(36)56/h3-33H,1-2H3. The molecule has 0 radical (unpaired) electrons. The molecule has 3 aliphatic carbocycles. The van der Waals surface area contributed by atoms with E-state index in [9.17, 15) is 0 Å². The van der Waals surface area contributed by atoms with E-state index in [4.69, 9.17) is 14.7 Å².